The van der Waals surface area contributed by atoms with E-state index in [4.69, 9.17) is 19.2 Å². The highest BCUT2D eigenvalue weighted by molar-refractivity contribution is 9.10. The first-order valence-electron chi connectivity index (χ1n) is 11.4. The number of hydrogen-bond acceptors (Lipinski definition) is 8. The Morgan fingerprint density at radius 2 is 1.74 bits per heavy atom. The van der Waals surface area contributed by atoms with Crippen LogP contribution in [0.3, 0.4) is 0 Å². The number of fused-ring (bicyclic) bond motifs is 2. The first kappa shape index (κ1) is 27.3. The molecule has 9 nitrogen and oxygen atoms in total. The third kappa shape index (κ3) is 6.15. The number of aryl methyl sites for hydroxylation is 1. The van der Waals surface area contributed by atoms with E-state index in [1.165, 1.54) is 16.8 Å². The van der Waals surface area contributed by atoms with Crippen LogP contribution in [0.4, 0.5) is 5.69 Å². The second kappa shape index (κ2) is 11.5. The molecule has 3 aromatic carbocycles. The van der Waals surface area contributed by atoms with Crippen molar-refractivity contribution in [1.82, 2.24) is 0 Å². The van der Waals surface area contributed by atoms with Crippen LogP contribution in [-0.2, 0) is 26.7 Å². The van der Waals surface area contributed by atoms with Crippen molar-refractivity contribution >= 4 is 76.6 Å². The molecule has 1 aliphatic heterocycles. The normalized spacial score (nSPS) is 14.5. The Morgan fingerprint density at radius 1 is 1.00 bits per heavy atom. The molecule has 38 heavy (non-hydrogen) atoms. The molecule has 0 spiro atoms. The third-order valence-corrected chi connectivity index (χ3v) is 8.74. The second-order valence-corrected chi connectivity index (χ2v) is 12.9. The maximum atomic E-state index is 11.2. The number of rotatable bonds is 9. The summed E-state index contributed by atoms with van der Waals surface area (Å²) in [6.07, 6.45) is 2.53. The summed E-state index contributed by atoms with van der Waals surface area (Å²) in [7, 11) is -4.05. The third-order valence-electron chi connectivity index (χ3n) is 5.85. The van der Waals surface area contributed by atoms with E-state index in [9.17, 15) is 8.42 Å². The van der Waals surface area contributed by atoms with Gasteiger partial charge in [0.2, 0.25) is 5.58 Å². The Morgan fingerprint density at radius 3 is 2.47 bits per heavy atom. The van der Waals surface area contributed by atoms with Crippen LogP contribution >= 0.6 is 43.6 Å². The number of oxazole rings is 1. The minimum atomic E-state index is -4.05. The maximum absolute atomic E-state index is 11.2. The molecular weight excluding hydrogens is 664 g/mol. The summed E-state index contributed by atoms with van der Waals surface area (Å²) in [6.45, 7) is 0.436. The average Bonchev–Trinajstić information content (AvgIpc) is 3.39. The zero-order valence-electron chi connectivity index (χ0n) is 19.6. The standard InChI is InChI=1S/C25H20Br2N2O7S2/c26-18-6-3-16(4-7-18)17-5-9-22-20(13-17)28(11-1-2-12-38(31,32)33)24(34-22)15-25-29(35-36-30)21-14-19(27)8-10-23(21)37-25/h3-10,13-15H,1-2,11-12H2,(H-,30,31,32,33)/p+1. The van der Waals surface area contributed by atoms with E-state index >= 15 is 0 Å². The van der Waals surface area contributed by atoms with Crippen molar-refractivity contribution in [2.24, 2.45) is 0 Å². The quantitative estimate of drug-likeness (QED) is 0.0644. The lowest BCUT2D eigenvalue weighted by Gasteiger charge is -2.14. The van der Waals surface area contributed by atoms with Gasteiger partial charge < -0.3 is 4.42 Å². The van der Waals surface area contributed by atoms with Gasteiger partial charge in [-0.15, -0.1) is 0 Å². The van der Waals surface area contributed by atoms with Gasteiger partial charge in [-0.05, 0) is 59.0 Å². The van der Waals surface area contributed by atoms with Gasteiger partial charge in [0.15, 0.2) is 6.54 Å². The zero-order valence-corrected chi connectivity index (χ0v) is 24.4. The van der Waals surface area contributed by atoms with Crippen LogP contribution in [0, 0.1) is 0 Å². The topological polar surface area (TPSA) is 113 Å². The molecule has 5 rings (SSSR count). The molecule has 4 aromatic rings. The van der Waals surface area contributed by atoms with Gasteiger partial charge in [-0.3, -0.25) is 4.55 Å². The number of aromatic nitrogens is 1. The summed E-state index contributed by atoms with van der Waals surface area (Å²) in [4.78, 5) is 5.91. The number of thioether (sulfide) groups is 1. The molecule has 2 N–H and O–H groups in total. The fourth-order valence-corrected chi connectivity index (χ4v) is 6.29. The van der Waals surface area contributed by atoms with Crippen molar-refractivity contribution in [3.05, 3.63) is 80.5 Å². The van der Waals surface area contributed by atoms with E-state index < -0.39 is 10.1 Å². The summed E-state index contributed by atoms with van der Waals surface area (Å²) < 4.78 is 41.5. The molecular formula is C25H21Br2N2O7S2+. The van der Waals surface area contributed by atoms with Gasteiger partial charge in [-0.25, -0.2) is 5.26 Å². The van der Waals surface area contributed by atoms with Gasteiger partial charge in [0, 0.05) is 26.3 Å². The fraction of sp³-hybridized carbons (Fsp3) is 0.160. The SMILES string of the molecule is O=S(=O)(O)CCCC[n+]1c(/C=C2\Sc3ccc(Br)cc3N2OOO)oc2ccc(-c3ccc(Br)cc3)cc21. The highest BCUT2D eigenvalue weighted by atomic mass is 79.9. The Hall–Kier alpha value is -2.23. The lowest BCUT2D eigenvalue weighted by atomic mass is 10.1. The van der Waals surface area contributed by atoms with Crippen LogP contribution in [0.15, 0.2) is 84.0 Å². The van der Waals surface area contributed by atoms with E-state index in [0.717, 1.165) is 30.5 Å². The van der Waals surface area contributed by atoms with Crippen LogP contribution in [0.5, 0.6) is 0 Å². The van der Waals surface area contributed by atoms with Crippen LogP contribution in [0.25, 0.3) is 28.3 Å². The van der Waals surface area contributed by atoms with E-state index in [1.54, 1.807) is 6.08 Å². The summed E-state index contributed by atoms with van der Waals surface area (Å²) in [6, 6.07) is 19.5. The molecule has 13 heteroatoms. The Labute approximate surface area is 239 Å². The molecule has 0 radical (unpaired) electrons. The lowest BCUT2D eigenvalue weighted by molar-refractivity contribution is -0.678. The average molecular weight is 685 g/mol. The van der Waals surface area contributed by atoms with Crippen molar-refractivity contribution in [2.75, 3.05) is 10.8 Å². The van der Waals surface area contributed by atoms with Gasteiger partial charge in [0.05, 0.1) is 17.5 Å². The second-order valence-electron chi connectivity index (χ2n) is 8.41. The Kier molecular flexibility index (Phi) is 8.26. The number of benzene rings is 3. The van der Waals surface area contributed by atoms with E-state index in [1.807, 2.05) is 65.2 Å². The minimum Gasteiger partial charge on any atom is -0.398 e. The molecule has 0 unspecified atom stereocenters. The molecule has 0 amide bonds. The molecule has 2 heterocycles. The number of anilines is 1. The van der Waals surface area contributed by atoms with E-state index in [2.05, 4.69) is 36.9 Å². The summed E-state index contributed by atoms with van der Waals surface area (Å²) in [5.41, 5.74) is 4.14. The summed E-state index contributed by atoms with van der Waals surface area (Å²) in [5.74, 6) is 0.167. The van der Waals surface area contributed by atoms with Crippen LogP contribution in [-0.4, -0.2) is 24.0 Å². The number of hydrogen-bond donors (Lipinski definition) is 2. The molecule has 0 fully saturated rings. The van der Waals surface area contributed by atoms with Gasteiger partial charge >= 0.3 is 5.89 Å². The fourth-order valence-electron chi connectivity index (χ4n) is 4.13. The Bertz CT molecular complexity index is 1620. The molecule has 0 saturated heterocycles. The first-order valence-corrected chi connectivity index (χ1v) is 15.4. The van der Waals surface area contributed by atoms with Crippen molar-refractivity contribution < 1.29 is 37.2 Å². The number of nitrogens with zero attached hydrogens (tertiary/aromatic N) is 2. The van der Waals surface area contributed by atoms with Crippen molar-refractivity contribution in [3.63, 3.8) is 0 Å². The van der Waals surface area contributed by atoms with Crippen molar-refractivity contribution in [1.29, 1.82) is 0 Å². The summed E-state index contributed by atoms with van der Waals surface area (Å²) >= 11 is 8.31. The monoisotopic (exact) mass is 683 g/mol. The maximum Gasteiger partial charge on any atom is 0.376 e. The van der Waals surface area contributed by atoms with Crippen molar-refractivity contribution in [3.8, 4) is 11.1 Å². The lowest BCUT2D eigenvalue weighted by Crippen LogP contribution is -2.35. The molecule has 1 aromatic heterocycles. The van der Waals surface area contributed by atoms with Crippen LogP contribution in [0.2, 0.25) is 0 Å². The highest BCUT2D eigenvalue weighted by Crippen LogP contribution is 2.47. The zero-order chi connectivity index (χ0) is 26.9. The Balaban J connectivity index is 1.56. The smallest absolute Gasteiger partial charge is 0.376 e. The minimum absolute atomic E-state index is 0.280. The van der Waals surface area contributed by atoms with Gasteiger partial charge in [0.25, 0.3) is 15.6 Å². The largest absolute Gasteiger partial charge is 0.398 e. The highest BCUT2D eigenvalue weighted by Gasteiger charge is 2.31. The van der Waals surface area contributed by atoms with Crippen LogP contribution < -0.4 is 9.63 Å². The predicted octanol–water partition coefficient (Wildman–Crippen LogP) is 6.83. The number of halogens is 2. The van der Waals surface area contributed by atoms with Crippen LogP contribution in [0.1, 0.15) is 18.7 Å². The van der Waals surface area contributed by atoms with E-state index in [-0.39, 0.29) is 12.2 Å². The van der Waals surface area contributed by atoms with Crippen molar-refractivity contribution in [2.45, 2.75) is 24.3 Å². The molecule has 1 aliphatic rings. The van der Waals surface area contributed by atoms with Gasteiger partial charge in [-0.2, -0.15) is 18.0 Å². The molecule has 0 aliphatic carbocycles. The molecule has 198 valence electrons. The molecule has 0 saturated carbocycles. The predicted molar refractivity (Wildman–Crippen MR) is 150 cm³/mol. The summed E-state index contributed by atoms with van der Waals surface area (Å²) in [5, 5.41) is 14.9. The van der Waals surface area contributed by atoms with Gasteiger partial charge in [-0.1, -0.05) is 66.8 Å². The number of unbranched alkanes of at least 4 members (excludes halogenated alkanes) is 1. The van der Waals surface area contributed by atoms with Gasteiger partial charge in [0.1, 0.15) is 5.03 Å². The number of hydroxylamine groups is 1. The van der Waals surface area contributed by atoms with E-state index in [0.29, 0.717) is 35.2 Å². The first-order chi connectivity index (χ1) is 18.2. The molecule has 0 bridgehead atoms. The molecule has 0 atom stereocenters.